The molecule has 0 spiro atoms. The number of para-hydroxylation sites is 2. The lowest BCUT2D eigenvalue weighted by Crippen LogP contribution is -1.97. The SMILES string of the molecule is Cn1c(-c2ccc3c4ccccc4n(-c4cccc(-c5ccccn5)c4)c3c2)nc2cccc(-c3ccccn3)c21. The van der Waals surface area contributed by atoms with Gasteiger partial charge in [-0.1, -0.05) is 66.7 Å². The van der Waals surface area contributed by atoms with Crippen LogP contribution in [-0.2, 0) is 7.05 Å². The molecule has 0 aliphatic carbocycles. The number of benzene rings is 4. The van der Waals surface area contributed by atoms with Gasteiger partial charge in [-0.25, -0.2) is 4.98 Å². The number of hydrogen-bond donors (Lipinski definition) is 0. The molecule has 4 heterocycles. The fraction of sp³-hybridized carbons (Fsp3) is 0.0278. The van der Waals surface area contributed by atoms with Crippen molar-refractivity contribution in [3.05, 3.63) is 134 Å². The van der Waals surface area contributed by atoms with Gasteiger partial charge in [0.05, 0.1) is 33.5 Å². The van der Waals surface area contributed by atoms with Gasteiger partial charge in [-0.05, 0) is 54.6 Å². The first-order chi connectivity index (χ1) is 20.3. The number of pyridine rings is 2. The Kier molecular flexibility index (Phi) is 5.28. The lowest BCUT2D eigenvalue weighted by molar-refractivity contribution is 0.959. The van der Waals surface area contributed by atoms with E-state index in [1.807, 2.05) is 48.8 Å². The van der Waals surface area contributed by atoms with Crippen LogP contribution >= 0.6 is 0 Å². The van der Waals surface area contributed by atoms with E-state index in [-0.39, 0.29) is 0 Å². The summed E-state index contributed by atoms with van der Waals surface area (Å²) >= 11 is 0. The molecule has 5 nitrogen and oxygen atoms in total. The fourth-order valence-corrected chi connectivity index (χ4v) is 5.98. The Balaban J connectivity index is 1.35. The molecule has 0 aliphatic heterocycles. The molecular weight excluding hydrogens is 502 g/mol. The van der Waals surface area contributed by atoms with Crippen molar-refractivity contribution in [1.82, 2.24) is 24.1 Å². The van der Waals surface area contributed by atoms with Crippen LogP contribution in [0.5, 0.6) is 0 Å². The maximum absolute atomic E-state index is 5.10. The molecule has 0 fully saturated rings. The van der Waals surface area contributed by atoms with E-state index in [0.717, 1.165) is 56.1 Å². The average Bonchev–Trinajstić information content (AvgIpc) is 3.56. The van der Waals surface area contributed by atoms with Crippen LogP contribution in [0.15, 0.2) is 134 Å². The highest BCUT2D eigenvalue weighted by atomic mass is 15.1. The second-order valence-electron chi connectivity index (χ2n) is 10.2. The fourth-order valence-electron chi connectivity index (χ4n) is 5.98. The van der Waals surface area contributed by atoms with Gasteiger partial charge in [0.1, 0.15) is 5.82 Å². The smallest absolute Gasteiger partial charge is 0.140 e. The summed E-state index contributed by atoms with van der Waals surface area (Å²) in [5, 5.41) is 2.43. The molecule has 0 saturated heterocycles. The third-order valence-electron chi connectivity index (χ3n) is 7.83. The molecule has 0 saturated carbocycles. The van der Waals surface area contributed by atoms with Gasteiger partial charge in [-0.3, -0.25) is 9.97 Å². The minimum absolute atomic E-state index is 0.921. The van der Waals surface area contributed by atoms with E-state index < -0.39 is 0 Å². The highest BCUT2D eigenvalue weighted by Gasteiger charge is 2.18. The molecule has 0 amide bonds. The molecule has 0 bridgehead atoms. The Bertz CT molecular complexity index is 2210. The molecule has 5 heteroatoms. The van der Waals surface area contributed by atoms with Crippen LogP contribution in [-0.4, -0.2) is 24.1 Å². The first-order valence-corrected chi connectivity index (χ1v) is 13.7. The summed E-state index contributed by atoms with van der Waals surface area (Å²) in [5.74, 6) is 0.921. The standard InChI is InChI=1S/C36H25N5/c1-40-35-29(31-15-5-7-21-38-31)13-9-16-32(35)39-36(40)25-18-19-28-27-12-2-3-17-33(27)41(34(28)23-25)26-11-8-10-24(22-26)30-14-4-6-20-37-30/h2-23H,1H3. The Hall–Kier alpha value is -5.55. The summed E-state index contributed by atoms with van der Waals surface area (Å²) in [7, 11) is 2.09. The van der Waals surface area contributed by atoms with Crippen LogP contribution in [0, 0.1) is 0 Å². The highest BCUT2D eigenvalue weighted by molar-refractivity contribution is 6.10. The maximum Gasteiger partial charge on any atom is 0.140 e. The molecule has 0 N–H and O–H groups in total. The van der Waals surface area contributed by atoms with Gasteiger partial charge in [0.2, 0.25) is 0 Å². The molecule has 194 valence electrons. The zero-order valence-corrected chi connectivity index (χ0v) is 22.4. The minimum atomic E-state index is 0.921. The zero-order chi connectivity index (χ0) is 27.3. The third-order valence-corrected chi connectivity index (χ3v) is 7.83. The molecule has 0 radical (unpaired) electrons. The number of hydrogen-bond acceptors (Lipinski definition) is 3. The van der Waals surface area contributed by atoms with Crippen molar-refractivity contribution in [2.75, 3.05) is 0 Å². The molecule has 8 aromatic rings. The van der Waals surface area contributed by atoms with E-state index >= 15 is 0 Å². The molecule has 41 heavy (non-hydrogen) atoms. The quantitative estimate of drug-likeness (QED) is 0.231. The van der Waals surface area contributed by atoms with Gasteiger partial charge < -0.3 is 9.13 Å². The lowest BCUT2D eigenvalue weighted by atomic mass is 10.1. The van der Waals surface area contributed by atoms with Crippen LogP contribution < -0.4 is 0 Å². The summed E-state index contributed by atoms with van der Waals surface area (Å²) < 4.78 is 4.54. The van der Waals surface area contributed by atoms with Gasteiger partial charge in [0.15, 0.2) is 0 Å². The van der Waals surface area contributed by atoms with Crippen LogP contribution in [0.2, 0.25) is 0 Å². The van der Waals surface area contributed by atoms with E-state index in [4.69, 9.17) is 4.98 Å². The Morgan fingerprint density at radius 3 is 2.15 bits per heavy atom. The van der Waals surface area contributed by atoms with Gasteiger partial charge in [-0.15, -0.1) is 0 Å². The lowest BCUT2D eigenvalue weighted by Gasteiger charge is -2.11. The molecule has 4 aromatic heterocycles. The summed E-state index contributed by atoms with van der Waals surface area (Å²) in [6, 6.07) is 42.2. The van der Waals surface area contributed by atoms with Crippen LogP contribution in [0.1, 0.15) is 0 Å². The number of imidazole rings is 1. The predicted molar refractivity (Wildman–Crippen MR) is 167 cm³/mol. The Morgan fingerprint density at radius 1 is 0.561 bits per heavy atom. The van der Waals surface area contributed by atoms with Crippen molar-refractivity contribution in [2.45, 2.75) is 0 Å². The van der Waals surface area contributed by atoms with Crippen molar-refractivity contribution in [1.29, 1.82) is 0 Å². The summed E-state index contributed by atoms with van der Waals surface area (Å²) in [5.41, 5.74) is 10.6. The van der Waals surface area contributed by atoms with Crippen LogP contribution in [0.4, 0.5) is 0 Å². The second kappa shape index (κ2) is 9.28. The monoisotopic (exact) mass is 527 g/mol. The van der Waals surface area contributed by atoms with Crippen molar-refractivity contribution in [3.8, 4) is 39.6 Å². The third kappa shape index (κ3) is 3.74. The largest absolute Gasteiger partial charge is 0.327 e. The molecule has 8 rings (SSSR count). The average molecular weight is 528 g/mol. The Labute approximate surface area is 237 Å². The second-order valence-corrected chi connectivity index (χ2v) is 10.2. The normalized spacial score (nSPS) is 11.5. The van der Waals surface area contributed by atoms with E-state index in [2.05, 4.69) is 111 Å². The number of aryl methyl sites for hydroxylation is 1. The molecule has 0 atom stereocenters. The van der Waals surface area contributed by atoms with Crippen LogP contribution in [0.3, 0.4) is 0 Å². The topological polar surface area (TPSA) is 48.5 Å². The number of aromatic nitrogens is 5. The van der Waals surface area contributed by atoms with E-state index in [1.165, 1.54) is 16.3 Å². The number of fused-ring (bicyclic) bond motifs is 4. The van der Waals surface area contributed by atoms with Crippen molar-refractivity contribution >= 4 is 32.8 Å². The summed E-state index contributed by atoms with van der Waals surface area (Å²) in [6.07, 6.45) is 3.67. The number of rotatable bonds is 4. The maximum atomic E-state index is 5.10. The molecule has 4 aromatic carbocycles. The minimum Gasteiger partial charge on any atom is -0.327 e. The Morgan fingerprint density at radius 2 is 1.32 bits per heavy atom. The highest BCUT2D eigenvalue weighted by Crippen LogP contribution is 2.37. The van der Waals surface area contributed by atoms with Crippen LogP contribution in [0.25, 0.3) is 72.4 Å². The van der Waals surface area contributed by atoms with Crippen molar-refractivity contribution in [2.24, 2.45) is 7.05 Å². The van der Waals surface area contributed by atoms with E-state index in [9.17, 15) is 0 Å². The summed E-state index contributed by atoms with van der Waals surface area (Å²) in [4.78, 5) is 14.3. The first-order valence-electron chi connectivity index (χ1n) is 13.7. The number of nitrogens with zero attached hydrogens (tertiary/aromatic N) is 5. The van der Waals surface area contributed by atoms with Crippen molar-refractivity contribution < 1.29 is 0 Å². The molecular formula is C36H25N5. The van der Waals surface area contributed by atoms with Gasteiger partial charge in [0.25, 0.3) is 0 Å². The zero-order valence-electron chi connectivity index (χ0n) is 22.4. The van der Waals surface area contributed by atoms with E-state index in [1.54, 1.807) is 0 Å². The molecule has 0 aliphatic rings. The first kappa shape index (κ1) is 23.3. The van der Waals surface area contributed by atoms with Gasteiger partial charge in [-0.2, -0.15) is 0 Å². The molecule has 0 unspecified atom stereocenters. The predicted octanol–water partition coefficient (Wildman–Crippen LogP) is 8.46. The van der Waals surface area contributed by atoms with Crippen molar-refractivity contribution in [3.63, 3.8) is 0 Å². The van der Waals surface area contributed by atoms with E-state index in [0.29, 0.717) is 0 Å². The van der Waals surface area contributed by atoms with Gasteiger partial charge in [0, 0.05) is 52.6 Å². The summed E-state index contributed by atoms with van der Waals surface area (Å²) in [6.45, 7) is 0. The van der Waals surface area contributed by atoms with Gasteiger partial charge >= 0.3 is 0 Å².